The minimum Gasteiger partial charge on any atom is -0.271 e. The molecule has 102 valence electrons. The Bertz CT molecular complexity index is 578. The molecule has 2 aromatic heterocycles. The van der Waals surface area contributed by atoms with Gasteiger partial charge in [-0.15, -0.1) is 0 Å². The van der Waals surface area contributed by atoms with Gasteiger partial charge in [0, 0.05) is 19.7 Å². The van der Waals surface area contributed by atoms with Gasteiger partial charge in [0.1, 0.15) is 0 Å². The van der Waals surface area contributed by atoms with E-state index >= 15 is 0 Å². The molecule has 0 saturated heterocycles. The van der Waals surface area contributed by atoms with E-state index < -0.39 is 0 Å². The van der Waals surface area contributed by atoms with Crippen molar-refractivity contribution < 1.29 is 0 Å². The molecule has 0 saturated carbocycles. The fourth-order valence-electron chi connectivity index (χ4n) is 2.09. The highest BCUT2D eigenvalue weighted by molar-refractivity contribution is 6.31. The van der Waals surface area contributed by atoms with Crippen molar-refractivity contribution in [1.29, 1.82) is 0 Å². The quantitative estimate of drug-likeness (QED) is 0.662. The van der Waals surface area contributed by atoms with Gasteiger partial charge in [-0.2, -0.15) is 5.10 Å². The molecule has 1 atom stereocenters. The second-order valence-electron chi connectivity index (χ2n) is 4.65. The van der Waals surface area contributed by atoms with Gasteiger partial charge in [0.15, 0.2) is 0 Å². The first-order valence-corrected chi connectivity index (χ1v) is 6.47. The van der Waals surface area contributed by atoms with Gasteiger partial charge < -0.3 is 0 Å². The summed E-state index contributed by atoms with van der Waals surface area (Å²) in [6.45, 7) is 3.92. The van der Waals surface area contributed by atoms with Crippen LogP contribution < -0.4 is 11.3 Å². The number of halogens is 1. The Kier molecular flexibility index (Phi) is 4.19. The minimum atomic E-state index is -0.0906. The van der Waals surface area contributed by atoms with E-state index in [0.717, 1.165) is 22.6 Å². The van der Waals surface area contributed by atoms with Crippen molar-refractivity contribution in [3.63, 3.8) is 0 Å². The highest BCUT2D eigenvalue weighted by Gasteiger charge is 2.18. The van der Waals surface area contributed by atoms with Gasteiger partial charge in [-0.1, -0.05) is 11.6 Å². The number of aryl methyl sites for hydroxylation is 3. The average molecular weight is 280 g/mol. The smallest absolute Gasteiger partial charge is 0.0847 e. The standard InChI is InChI=1S/C13H18ClN5/c1-8-4-5-16-10(6-8)11(17-15)7-12-13(14)9(2)18-19(12)3/h4-6,11,17H,7,15H2,1-3H3. The van der Waals surface area contributed by atoms with E-state index in [1.165, 1.54) is 0 Å². The summed E-state index contributed by atoms with van der Waals surface area (Å²) >= 11 is 6.26. The van der Waals surface area contributed by atoms with Gasteiger partial charge in [-0.25, -0.2) is 0 Å². The van der Waals surface area contributed by atoms with Crippen LogP contribution in [0.2, 0.25) is 5.02 Å². The number of hydrogen-bond acceptors (Lipinski definition) is 4. The van der Waals surface area contributed by atoms with E-state index in [1.54, 1.807) is 10.9 Å². The van der Waals surface area contributed by atoms with Crippen LogP contribution in [0.5, 0.6) is 0 Å². The van der Waals surface area contributed by atoms with Crippen LogP contribution in [0.15, 0.2) is 18.3 Å². The number of nitrogens with zero attached hydrogens (tertiary/aromatic N) is 3. The number of rotatable bonds is 4. The molecule has 19 heavy (non-hydrogen) atoms. The Balaban J connectivity index is 2.29. The van der Waals surface area contributed by atoms with E-state index in [-0.39, 0.29) is 6.04 Å². The number of hydrogen-bond donors (Lipinski definition) is 2. The summed E-state index contributed by atoms with van der Waals surface area (Å²) in [5.74, 6) is 5.65. The third-order valence-corrected chi connectivity index (χ3v) is 3.65. The molecular formula is C13H18ClN5. The minimum absolute atomic E-state index is 0.0906. The molecule has 2 rings (SSSR count). The Morgan fingerprint density at radius 2 is 2.21 bits per heavy atom. The van der Waals surface area contributed by atoms with Crippen molar-refractivity contribution in [2.75, 3.05) is 0 Å². The van der Waals surface area contributed by atoms with Crippen molar-refractivity contribution in [2.45, 2.75) is 26.3 Å². The van der Waals surface area contributed by atoms with E-state index in [9.17, 15) is 0 Å². The zero-order valence-corrected chi connectivity index (χ0v) is 12.1. The van der Waals surface area contributed by atoms with Crippen molar-refractivity contribution in [3.05, 3.63) is 46.0 Å². The van der Waals surface area contributed by atoms with Crippen LogP contribution in [-0.4, -0.2) is 14.8 Å². The zero-order valence-electron chi connectivity index (χ0n) is 11.3. The van der Waals surface area contributed by atoms with Crippen LogP contribution in [0.1, 0.15) is 28.7 Å². The SMILES string of the molecule is Cc1ccnc(C(Cc2c(Cl)c(C)nn2C)NN)c1. The van der Waals surface area contributed by atoms with Gasteiger partial charge in [-0.3, -0.25) is 20.9 Å². The second-order valence-corrected chi connectivity index (χ2v) is 5.03. The fraction of sp³-hybridized carbons (Fsp3) is 0.385. The van der Waals surface area contributed by atoms with Gasteiger partial charge in [-0.05, 0) is 31.5 Å². The third kappa shape index (κ3) is 2.94. The number of nitrogens with one attached hydrogen (secondary N) is 1. The summed E-state index contributed by atoms with van der Waals surface area (Å²) in [6, 6.07) is 3.88. The molecule has 0 bridgehead atoms. The lowest BCUT2D eigenvalue weighted by molar-refractivity contribution is 0.518. The summed E-state index contributed by atoms with van der Waals surface area (Å²) < 4.78 is 1.79. The molecule has 6 heteroatoms. The Hall–Kier alpha value is -1.43. The summed E-state index contributed by atoms with van der Waals surface area (Å²) in [5.41, 5.74) is 6.62. The molecule has 0 aromatic carbocycles. The highest BCUT2D eigenvalue weighted by Crippen LogP contribution is 2.24. The molecule has 2 aromatic rings. The third-order valence-electron chi connectivity index (χ3n) is 3.15. The number of hydrazine groups is 1. The van der Waals surface area contributed by atoms with Gasteiger partial charge in [0.05, 0.1) is 28.1 Å². The van der Waals surface area contributed by atoms with Crippen LogP contribution >= 0.6 is 11.6 Å². The predicted molar refractivity (Wildman–Crippen MR) is 75.7 cm³/mol. The predicted octanol–water partition coefficient (Wildman–Crippen LogP) is 1.83. The van der Waals surface area contributed by atoms with Crippen LogP contribution in [0.25, 0.3) is 0 Å². The number of nitrogens with two attached hydrogens (primary N) is 1. The molecule has 0 spiro atoms. The number of pyridine rings is 1. The molecular weight excluding hydrogens is 262 g/mol. The summed E-state index contributed by atoms with van der Waals surface area (Å²) in [4.78, 5) is 4.36. The lowest BCUT2D eigenvalue weighted by Gasteiger charge is -2.16. The molecule has 0 radical (unpaired) electrons. The molecule has 1 unspecified atom stereocenters. The Labute approximate surface area is 117 Å². The summed E-state index contributed by atoms with van der Waals surface area (Å²) in [7, 11) is 1.88. The summed E-state index contributed by atoms with van der Waals surface area (Å²) in [5, 5.41) is 5.00. The monoisotopic (exact) mass is 279 g/mol. The lowest BCUT2D eigenvalue weighted by Crippen LogP contribution is -2.30. The first-order valence-electron chi connectivity index (χ1n) is 6.09. The van der Waals surface area contributed by atoms with Crippen LogP contribution in [-0.2, 0) is 13.5 Å². The molecule has 3 N–H and O–H groups in total. The maximum absolute atomic E-state index is 6.26. The molecule has 0 aliphatic carbocycles. The normalized spacial score (nSPS) is 12.7. The maximum Gasteiger partial charge on any atom is 0.0847 e. The van der Waals surface area contributed by atoms with E-state index in [0.29, 0.717) is 11.4 Å². The van der Waals surface area contributed by atoms with Crippen molar-refractivity contribution in [3.8, 4) is 0 Å². The molecule has 0 aliphatic heterocycles. The summed E-state index contributed by atoms with van der Waals surface area (Å²) in [6.07, 6.45) is 2.42. The molecule has 2 heterocycles. The van der Waals surface area contributed by atoms with Gasteiger partial charge in [0.2, 0.25) is 0 Å². The van der Waals surface area contributed by atoms with Gasteiger partial charge >= 0.3 is 0 Å². The zero-order chi connectivity index (χ0) is 14.0. The van der Waals surface area contributed by atoms with Crippen LogP contribution in [0, 0.1) is 13.8 Å². The number of aromatic nitrogens is 3. The van der Waals surface area contributed by atoms with Crippen molar-refractivity contribution in [2.24, 2.45) is 12.9 Å². The molecule has 5 nitrogen and oxygen atoms in total. The largest absolute Gasteiger partial charge is 0.271 e. The van der Waals surface area contributed by atoms with Crippen molar-refractivity contribution >= 4 is 11.6 Å². The van der Waals surface area contributed by atoms with Crippen LogP contribution in [0.4, 0.5) is 0 Å². The van der Waals surface area contributed by atoms with Crippen molar-refractivity contribution in [1.82, 2.24) is 20.2 Å². The lowest BCUT2D eigenvalue weighted by atomic mass is 10.1. The molecule has 0 amide bonds. The first-order chi connectivity index (χ1) is 9.02. The Morgan fingerprint density at radius 1 is 1.47 bits per heavy atom. The van der Waals surface area contributed by atoms with Crippen LogP contribution in [0.3, 0.4) is 0 Å². The van der Waals surface area contributed by atoms with Gasteiger partial charge in [0.25, 0.3) is 0 Å². The molecule has 0 aliphatic rings. The van der Waals surface area contributed by atoms with E-state index in [1.807, 2.05) is 33.0 Å². The topological polar surface area (TPSA) is 68.8 Å². The highest BCUT2D eigenvalue weighted by atomic mass is 35.5. The first kappa shape index (κ1) is 14.0. The van der Waals surface area contributed by atoms with E-state index in [2.05, 4.69) is 15.5 Å². The van der Waals surface area contributed by atoms with E-state index in [4.69, 9.17) is 17.4 Å². The average Bonchev–Trinajstić information content (AvgIpc) is 2.61. The fourth-order valence-corrected chi connectivity index (χ4v) is 2.33. The second kappa shape index (κ2) is 5.69. The molecule has 0 fully saturated rings. The maximum atomic E-state index is 6.26. The Morgan fingerprint density at radius 3 is 2.74 bits per heavy atom.